The Bertz CT molecular complexity index is 2900. The third-order valence-corrected chi connectivity index (χ3v) is 9.27. The highest BCUT2D eigenvalue weighted by atomic mass is 16.5. The first-order chi connectivity index (χ1) is 24.0. The van der Waals surface area contributed by atoms with Crippen LogP contribution in [0.5, 0.6) is 11.5 Å². The first-order valence-electron chi connectivity index (χ1n) is 15.8. The molecule has 0 amide bonds. The Hall–Kier alpha value is -6.60. The number of hydrogen-bond acceptors (Lipinski definition) is 6. The SMILES string of the molecule is COc1cc(OC)c2cc(-c3ccc4c5ccc(-c6cc7ccc8ccccc8c7oc6=O)cc5n(-c5ccccc5)c4c3)c(=O)oc2c1. The van der Waals surface area contributed by atoms with Gasteiger partial charge < -0.3 is 22.9 Å². The third-order valence-electron chi connectivity index (χ3n) is 9.27. The zero-order valence-corrected chi connectivity index (χ0v) is 26.5. The molecule has 0 fully saturated rings. The van der Waals surface area contributed by atoms with E-state index in [1.807, 2.05) is 109 Å². The molecule has 0 aliphatic rings. The van der Waals surface area contributed by atoms with Gasteiger partial charge in [-0.2, -0.15) is 0 Å². The lowest BCUT2D eigenvalue weighted by Crippen LogP contribution is -2.04. The fourth-order valence-corrected chi connectivity index (χ4v) is 6.91. The molecule has 0 saturated heterocycles. The van der Waals surface area contributed by atoms with Crippen LogP contribution in [0.2, 0.25) is 0 Å². The third kappa shape index (κ3) is 4.51. The van der Waals surface area contributed by atoms with Crippen molar-refractivity contribution >= 4 is 54.5 Å². The van der Waals surface area contributed by atoms with E-state index in [2.05, 4.69) is 4.57 Å². The number of aromatic nitrogens is 1. The molecule has 0 atom stereocenters. The summed E-state index contributed by atoms with van der Waals surface area (Å²) < 4.78 is 24.9. The summed E-state index contributed by atoms with van der Waals surface area (Å²) in [7, 11) is 3.12. The lowest BCUT2D eigenvalue weighted by molar-refractivity contribution is 0.396. The number of methoxy groups -OCH3 is 2. The molecule has 236 valence electrons. The minimum absolute atomic E-state index is 0.378. The average Bonchev–Trinajstić information content (AvgIpc) is 3.46. The molecule has 3 aromatic heterocycles. The van der Waals surface area contributed by atoms with E-state index < -0.39 is 11.3 Å². The van der Waals surface area contributed by atoms with Gasteiger partial charge in [-0.15, -0.1) is 0 Å². The number of benzene rings is 6. The number of ether oxygens (including phenoxy) is 2. The smallest absolute Gasteiger partial charge is 0.344 e. The molecule has 0 aliphatic heterocycles. The summed E-state index contributed by atoms with van der Waals surface area (Å²) in [5.41, 5.74) is 5.16. The molecule has 0 N–H and O–H groups in total. The van der Waals surface area contributed by atoms with Crippen molar-refractivity contribution in [3.8, 4) is 39.4 Å². The molecule has 9 aromatic rings. The van der Waals surface area contributed by atoms with Crippen LogP contribution in [-0.2, 0) is 0 Å². The summed E-state index contributed by atoms with van der Waals surface area (Å²) in [4.78, 5) is 26.9. The lowest BCUT2D eigenvalue weighted by Gasteiger charge is -2.11. The van der Waals surface area contributed by atoms with Crippen molar-refractivity contribution in [3.05, 3.63) is 148 Å². The standard InChI is InChI=1S/C42H27NO6/c1-46-29-21-38(47-2)35-23-34(41(44)48-39(35)22-29)26-15-17-32-31-16-14-25(19-36(31)43(37(32)20-26)28-9-4-3-5-10-28)33-18-27-13-12-24-8-6-7-11-30(24)40(27)49-42(33)45/h3-23H,1-2H3. The van der Waals surface area contributed by atoms with Crippen molar-refractivity contribution in [3.63, 3.8) is 0 Å². The molecule has 7 nitrogen and oxygen atoms in total. The number of rotatable bonds is 5. The van der Waals surface area contributed by atoms with Crippen molar-refractivity contribution in [2.45, 2.75) is 0 Å². The molecule has 0 bridgehead atoms. The summed E-state index contributed by atoms with van der Waals surface area (Å²) >= 11 is 0. The Morgan fingerprint density at radius 3 is 1.90 bits per heavy atom. The van der Waals surface area contributed by atoms with Crippen LogP contribution in [0.3, 0.4) is 0 Å². The molecule has 49 heavy (non-hydrogen) atoms. The molecule has 7 heteroatoms. The summed E-state index contributed by atoms with van der Waals surface area (Å²) in [6.07, 6.45) is 0. The maximum absolute atomic E-state index is 13.5. The first-order valence-corrected chi connectivity index (χ1v) is 15.8. The molecule has 9 rings (SSSR count). The van der Waals surface area contributed by atoms with Gasteiger partial charge in [-0.05, 0) is 52.9 Å². The zero-order valence-electron chi connectivity index (χ0n) is 26.5. The molecule has 0 aliphatic carbocycles. The van der Waals surface area contributed by atoms with Crippen molar-refractivity contribution in [1.29, 1.82) is 0 Å². The average molecular weight is 642 g/mol. The maximum Gasteiger partial charge on any atom is 0.344 e. The van der Waals surface area contributed by atoms with Gasteiger partial charge in [0.05, 0.1) is 41.8 Å². The van der Waals surface area contributed by atoms with Gasteiger partial charge >= 0.3 is 11.3 Å². The molecule has 0 spiro atoms. The largest absolute Gasteiger partial charge is 0.496 e. The van der Waals surface area contributed by atoms with E-state index in [9.17, 15) is 9.59 Å². The highest BCUT2D eigenvalue weighted by Crippen LogP contribution is 2.38. The predicted molar refractivity (Wildman–Crippen MR) is 194 cm³/mol. The Balaban J connectivity index is 1.27. The molecular weight excluding hydrogens is 614 g/mol. The van der Waals surface area contributed by atoms with E-state index in [0.29, 0.717) is 44.7 Å². The Kier molecular flexibility index (Phi) is 6.42. The van der Waals surface area contributed by atoms with Crippen LogP contribution in [0.15, 0.2) is 146 Å². The van der Waals surface area contributed by atoms with Crippen LogP contribution in [0.25, 0.3) is 82.5 Å². The summed E-state index contributed by atoms with van der Waals surface area (Å²) in [5, 5.41) is 5.43. The van der Waals surface area contributed by atoms with E-state index in [-0.39, 0.29) is 0 Å². The van der Waals surface area contributed by atoms with Crippen LogP contribution in [0.4, 0.5) is 0 Å². The van der Waals surface area contributed by atoms with E-state index >= 15 is 0 Å². The Labute approximate surface area is 278 Å². The maximum atomic E-state index is 13.5. The highest BCUT2D eigenvalue weighted by Gasteiger charge is 2.19. The second kappa shape index (κ2) is 11.0. The van der Waals surface area contributed by atoms with Gasteiger partial charge in [-0.1, -0.05) is 78.9 Å². The van der Waals surface area contributed by atoms with E-state index in [4.69, 9.17) is 18.3 Å². The minimum atomic E-state index is -0.470. The van der Waals surface area contributed by atoms with Crippen molar-refractivity contribution in [1.82, 2.24) is 4.57 Å². The monoisotopic (exact) mass is 641 g/mol. The van der Waals surface area contributed by atoms with Gasteiger partial charge in [0.25, 0.3) is 0 Å². The molecule has 0 radical (unpaired) electrons. The van der Waals surface area contributed by atoms with Crippen molar-refractivity contribution < 1.29 is 18.3 Å². The van der Waals surface area contributed by atoms with Crippen LogP contribution in [-0.4, -0.2) is 18.8 Å². The van der Waals surface area contributed by atoms with Gasteiger partial charge in [0, 0.05) is 39.4 Å². The molecular formula is C42H27NO6. The van der Waals surface area contributed by atoms with Gasteiger partial charge in [0.1, 0.15) is 22.7 Å². The highest BCUT2D eigenvalue weighted by molar-refractivity contribution is 6.11. The van der Waals surface area contributed by atoms with Crippen molar-refractivity contribution in [2.24, 2.45) is 0 Å². The first kappa shape index (κ1) is 28.6. The summed E-state index contributed by atoms with van der Waals surface area (Å²) in [6, 6.07) is 41.1. The Morgan fingerprint density at radius 1 is 0.531 bits per heavy atom. The molecule has 3 heterocycles. The zero-order chi connectivity index (χ0) is 33.2. The number of fused-ring (bicyclic) bond motifs is 7. The summed E-state index contributed by atoms with van der Waals surface area (Å²) in [6.45, 7) is 0. The number of para-hydroxylation sites is 1. The quantitative estimate of drug-likeness (QED) is 0.138. The molecule has 0 saturated carbocycles. The Morgan fingerprint density at radius 2 is 1.18 bits per heavy atom. The second-order valence-electron chi connectivity index (χ2n) is 12.0. The molecule has 6 aromatic carbocycles. The lowest BCUT2D eigenvalue weighted by atomic mass is 10.0. The van der Waals surface area contributed by atoms with Gasteiger partial charge in [0.2, 0.25) is 0 Å². The fraction of sp³-hybridized carbons (Fsp3) is 0.0476. The van der Waals surface area contributed by atoms with Crippen LogP contribution < -0.4 is 20.7 Å². The minimum Gasteiger partial charge on any atom is -0.496 e. The number of hydrogen-bond donors (Lipinski definition) is 0. The van der Waals surface area contributed by atoms with Crippen LogP contribution >= 0.6 is 0 Å². The van der Waals surface area contributed by atoms with E-state index in [1.54, 1.807) is 32.4 Å². The van der Waals surface area contributed by atoms with Gasteiger partial charge in [-0.3, -0.25) is 0 Å². The van der Waals surface area contributed by atoms with Gasteiger partial charge in [0.15, 0.2) is 0 Å². The molecule has 0 unspecified atom stereocenters. The van der Waals surface area contributed by atoms with E-state index in [0.717, 1.165) is 49.2 Å². The second-order valence-corrected chi connectivity index (χ2v) is 12.0. The van der Waals surface area contributed by atoms with Crippen LogP contribution in [0, 0.1) is 0 Å². The van der Waals surface area contributed by atoms with E-state index in [1.165, 1.54) is 0 Å². The van der Waals surface area contributed by atoms with Crippen molar-refractivity contribution in [2.75, 3.05) is 14.2 Å². The van der Waals surface area contributed by atoms with Gasteiger partial charge in [-0.25, -0.2) is 9.59 Å². The number of nitrogens with zero attached hydrogens (tertiary/aromatic N) is 1. The van der Waals surface area contributed by atoms with Crippen LogP contribution in [0.1, 0.15) is 0 Å². The summed E-state index contributed by atoms with van der Waals surface area (Å²) in [5.74, 6) is 1.07. The normalized spacial score (nSPS) is 11.6. The topological polar surface area (TPSA) is 83.8 Å². The predicted octanol–water partition coefficient (Wildman–Crippen LogP) is 9.50. The fourth-order valence-electron chi connectivity index (χ4n) is 6.91.